The molecule has 0 aromatic heterocycles. The minimum absolute atomic E-state index is 0.224. The molecule has 118 valence electrons. The van der Waals surface area contributed by atoms with Crippen LogP contribution in [0.1, 0.15) is 18.9 Å². The maximum absolute atomic E-state index is 11.6. The molecular formula is C17H20O4S. The molecule has 5 heteroatoms. The maximum Gasteiger partial charge on any atom is 0.324 e. The lowest BCUT2D eigenvalue weighted by Gasteiger charge is -2.10. The molecule has 0 radical (unpaired) electrons. The molecule has 0 N–H and O–H groups in total. The molecule has 0 aliphatic heterocycles. The molecule has 2 rings (SSSR count). The van der Waals surface area contributed by atoms with Crippen LogP contribution in [-0.4, -0.2) is 32.5 Å². The number of ether oxygens (including phenoxy) is 1. The van der Waals surface area contributed by atoms with Crippen LogP contribution in [0.3, 0.4) is 0 Å². The normalized spacial score (nSPS) is 13.0. The van der Waals surface area contributed by atoms with Crippen molar-refractivity contribution in [2.75, 3.05) is 12.9 Å². The zero-order chi connectivity index (χ0) is 16.2. The van der Waals surface area contributed by atoms with Gasteiger partial charge >= 0.3 is 5.97 Å². The van der Waals surface area contributed by atoms with Crippen molar-refractivity contribution < 1.29 is 17.9 Å². The lowest BCUT2D eigenvalue weighted by Crippen LogP contribution is -2.28. The van der Waals surface area contributed by atoms with E-state index in [0.717, 1.165) is 12.7 Å². The summed E-state index contributed by atoms with van der Waals surface area (Å²) in [5.41, 5.74) is 1.20. The van der Waals surface area contributed by atoms with Crippen LogP contribution in [-0.2, 0) is 25.8 Å². The van der Waals surface area contributed by atoms with Crippen molar-refractivity contribution >= 4 is 26.6 Å². The van der Waals surface area contributed by atoms with Crippen LogP contribution in [0.4, 0.5) is 0 Å². The average Bonchev–Trinajstić information content (AvgIpc) is 2.49. The third kappa shape index (κ3) is 4.07. The van der Waals surface area contributed by atoms with E-state index >= 15 is 0 Å². The molecular weight excluding hydrogens is 300 g/mol. The molecule has 0 heterocycles. The molecule has 0 fully saturated rings. The van der Waals surface area contributed by atoms with E-state index in [9.17, 15) is 13.2 Å². The van der Waals surface area contributed by atoms with Gasteiger partial charge in [0.05, 0.1) is 6.61 Å². The summed E-state index contributed by atoms with van der Waals surface area (Å²) in [4.78, 5) is 11.6. The van der Waals surface area contributed by atoms with E-state index in [0.29, 0.717) is 6.42 Å². The van der Waals surface area contributed by atoms with Crippen molar-refractivity contribution in [1.82, 2.24) is 0 Å². The van der Waals surface area contributed by atoms with Crippen molar-refractivity contribution in [3.8, 4) is 0 Å². The summed E-state index contributed by atoms with van der Waals surface area (Å²) >= 11 is 0. The Labute approximate surface area is 131 Å². The molecule has 0 aliphatic rings. The molecule has 0 unspecified atom stereocenters. The standard InChI is InChI=1S/C17H20O4S/c1-13(22(2,19)20)17(18)21-12-6-10-15-9-5-8-14-7-3-4-11-16(14)15/h3-5,7-9,11,13H,6,10,12H2,1-2H3/t13-/m1/s1. The number of esters is 1. The Balaban J connectivity index is 1.90. The first-order valence-electron chi connectivity index (χ1n) is 7.22. The largest absolute Gasteiger partial charge is 0.465 e. The topological polar surface area (TPSA) is 60.4 Å². The average molecular weight is 320 g/mol. The van der Waals surface area contributed by atoms with E-state index in [2.05, 4.69) is 24.3 Å². The van der Waals surface area contributed by atoms with Gasteiger partial charge in [0, 0.05) is 6.26 Å². The number of hydrogen-bond acceptors (Lipinski definition) is 4. The SMILES string of the molecule is C[C@H](C(=O)OCCCc1cccc2ccccc12)S(C)(=O)=O. The zero-order valence-electron chi connectivity index (χ0n) is 12.8. The smallest absolute Gasteiger partial charge is 0.324 e. The summed E-state index contributed by atoms with van der Waals surface area (Å²) in [5, 5.41) is 1.27. The van der Waals surface area contributed by atoms with Gasteiger partial charge in [0.1, 0.15) is 0 Å². The third-order valence-electron chi connectivity index (χ3n) is 3.69. The second-order valence-electron chi connectivity index (χ2n) is 5.38. The fraction of sp³-hybridized carbons (Fsp3) is 0.353. The highest BCUT2D eigenvalue weighted by Gasteiger charge is 2.24. The predicted molar refractivity (Wildman–Crippen MR) is 87.5 cm³/mol. The Morgan fingerprint density at radius 3 is 2.55 bits per heavy atom. The second-order valence-corrected chi connectivity index (χ2v) is 7.75. The number of rotatable bonds is 6. The van der Waals surface area contributed by atoms with Gasteiger partial charge in [-0.1, -0.05) is 42.5 Å². The summed E-state index contributed by atoms with van der Waals surface area (Å²) < 4.78 is 27.6. The van der Waals surface area contributed by atoms with Crippen molar-refractivity contribution in [3.05, 3.63) is 48.0 Å². The highest BCUT2D eigenvalue weighted by atomic mass is 32.2. The van der Waals surface area contributed by atoms with Gasteiger partial charge in [0.25, 0.3) is 0 Å². The van der Waals surface area contributed by atoms with Crippen LogP contribution >= 0.6 is 0 Å². The predicted octanol–water partition coefficient (Wildman–Crippen LogP) is 2.75. The minimum atomic E-state index is -3.39. The molecule has 2 aromatic rings. The molecule has 0 saturated carbocycles. The van der Waals surface area contributed by atoms with E-state index in [1.54, 1.807) is 0 Å². The zero-order valence-corrected chi connectivity index (χ0v) is 13.6. The number of benzene rings is 2. The number of sulfone groups is 1. The first kappa shape index (κ1) is 16.5. The van der Waals surface area contributed by atoms with Gasteiger partial charge in [-0.05, 0) is 36.1 Å². The summed E-state index contributed by atoms with van der Waals surface area (Å²) in [6.07, 6.45) is 2.48. The fourth-order valence-electron chi connectivity index (χ4n) is 2.24. The number of carbonyl (C=O) groups is 1. The highest BCUT2D eigenvalue weighted by molar-refractivity contribution is 7.92. The Hall–Kier alpha value is -1.88. The molecule has 0 bridgehead atoms. The quantitative estimate of drug-likeness (QED) is 0.606. The van der Waals surface area contributed by atoms with E-state index in [-0.39, 0.29) is 6.61 Å². The summed E-state index contributed by atoms with van der Waals surface area (Å²) in [5.74, 6) is -0.680. The van der Waals surface area contributed by atoms with Crippen molar-refractivity contribution in [3.63, 3.8) is 0 Å². The summed E-state index contributed by atoms with van der Waals surface area (Å²) in [6, 6.07) is 14.3. The van der Waals surface area contributed by atoms with Gasteiger partial charge in [0.15, 0.2) is 15.1 Å². The van der Waals surface area contributed by atoms with Crippen molar-refractivity contribution in [1.29, 1.82) is 0 Å². The van der Waals surface area contributed by atoms with Gasteiger partial charge in [-0.2, -0.15) is 0 Å². The first-order valence-corrected chi connectivity index (χ1v) is 9.17. The van der Waals surface area contributed by atoms with Gasteiger partial charge in [0.2, 0.25) is 0 Å². The molecule has 22 heavy (non-hydrogen) atoms. The lowest BCUT2D eigenvalue weighted by molar-refractivity contribution is -0.142. The number of carbonyl (C=O) groups excluding carboxylic acids is 1. The van der Waals surface area contributed by atoms with Crippen LogP contribution in [0.15, 0.2) is 42.5 Å². The Kier molecular flexibility index (Phi) is 5.19. The van der Waals surface area contributed by atoms with Crippen LogP contribution in [0.25, 0.3) is 10.8 Å². The molecule has 4 nitrogen and oxygen atoms in total. The minimum Gasteiger partial charge on any atom is -0.465 e. The van der Waals surface area contributed by atoms with E-state index in [4.69, 9.17) is 4.74 Å². The Bertz CT molecular complexity index is 760. The molecule has 0 spiro atoms. The van der Waals surface area contributed by atoms with Gasteiger partial charge in [-0.15, -0.1) is 0 Å². The Morgan fingerprint density at radius 1 is 1.14 bits per heavy atom. The second kappa shape index (κ2) is 6.92. The van der Waals surface area contributed by atoms with Crippen molar-refractivity contribution in [2.24, 2.45) is 0 Å². The summed E-state index contributed by atoms with van der Waals surface area (Å²) in [7, 11) is -3.39. The summed E-state index contributed by atoms with van der Waals surface area (Å²) in [6.45, 7) is 1.57. The van der Waals surface area contributed by atoms with Crippen LogP contribution in [0.2, 0.25) is 0 Å². The first-order chi connectivity index (χ1) is 10.4. The maximum atomic E-state index is 11.6. The van der Waals surface area contributed by atoms with E-state index in [1.807, 2.05) is 18.2 Å². The molecule has 0 saturated heterocycles. The van der Waals surface area contributed by atoms with Crippen LogP contribution in [0, 0.1) is 0 Å². The monoisotopic (exact) mass is 320 g/mol. The lowest BCUT2D eigenvalue weighted by atomic mass is 10.0. The Morgan fingerprint density at radius 2 is 1.82 bits per heavy atom. The van der Waals surface area contributed by atoms with E-state index < -0.39 is 21.1 Å². The van der Waals surface area contributed by atoms with Gasteiger partial charge in [-0.3, -0.25) is 4.79 Å². The number of aryl methyl sites for hydroxylation is 1. The highest BCUT2D eigenvalue weighted by Crippen LogP contribution is 2.19. The number of hydrogen-bond donors (Lipinski definition) is 0. The molecule has 0 amide bonds. The third-order valence-corrected chi connectivity index (χ3v) is 5.17. The van der Waals surface area contributed by atoms with Crippen LogP contribution < -0.4 is 0 Å². The van der Waals surface area contributed by atoms with E-state index in [1.165, 1.54) is 23.3 Å². The van der Waals surface area contributed by atoms with Crippen LogP contribution in [0.5, 0.6) is 0 Å². The van der Waals surface area contributed by atoms with Gasteiger partial charge in [-0.25, -0.2) is 8.42 Å². The molecule has 1 atom stereocenters. The van der Waals surface area contributed by atoms with Gasteiger partial charge < -0.3 is 4.74 Å². The van der Waals surface area contributed by atoms with Crippen molar-refractivity contribution in [2.45, 2.75) is 25.0 Å². The molecule has 0 aliphatic carbocycles. The molecule has 2 aromatic carbocycles. The fourth-order valence-corrected chi connectivity index (χ4v) is 2.66. The number of fused-ring (bicyclic) bond motifs is 1.